The van der Waals surface area contributed by atoms with Gasteiger partial charge < -0.3 is 4.74 Å². The lowest BCUT2D eigenvalue weighted by Crippen LogP contribution is -2.00. The summed E-state index contributed by atoms with van der Waals surface area (Å²) in [6, 6.07) is 10.3. The number of benzene rings is 1. The normalized spacial score (nSPS) is 10.5. The molecule has 0 saturated carbocycles. The number of rotatable bonds is 5. The van der Waals surface area contributed by atoms with Crippen LogP contribution < -0.4 is 4.74 Å². The van der Waals surface area contributed by atoms with E-state index < -0.39 is 0 Å². The van der Waals surface area contributed by atoms with Gasteiger partial charge in [-0.2, -0.15) is 5.10 Å². The van der Waals surface area contributed by atoms with E-state index in [9.17, 15) is 0 Å². The predicted octanol–water partition coefficient (Wildman–Crippen LogP) is 2.89. The van der Waals surface area contributed by atoms with E-state index in [0.717, 1.165) is 24.4 Å². The van der Waals surface area contributed by atoms with Crippen molar-refractivity contribution in [2.75, 3.05) is 6.61 Å². The summed E-state index contributed by atoms with van der Waals surface area (Å²) >= 11 is 0. The van der Waals surface area contributed by atoms with Gasteiger partial charge in [-0.1, -0.05) is 37.3 Å². The van der Waals surface area contributed by atoms with E-state index in [2.05, 4.69) is 24.2 Å². The van der Waals surface area contributed by atoms with E-state index in [1.54, 1.807) is 0 Å². The summed E-state index contributed by atoms with van der Waals surface area (Å²) in [6.07, 6.45) is 2.88. The first-order valence-corrected chi connectivity index (χ1v) is 6.06. The molecule has 0 amide bonds. The van der Waals surface area contributed by atoms with Crippen molar-refractivity contribution in [3.8, 4) is 5.75 Å². The largest absolute Gasteiger partial charge is 0.490 e. The van der Waals surface area contributed by atoms with Crippen LogP contribution in [0.25, 0.3) is 0 Å². The molecule has 2 rings (SSSR count). The number of aromatic nitrogens is 2. The lowest BCUT2D eigenvalue weighted by atomic mass is 10.2. The van der Waals surface area contributed by atoms with E-state index in [1.807, 2.05) is 36.0 Å². The molecular formula is C14H18N2O. The van der Waals surface area contributed by atoms with Crippen LogP contribution in [0.1, 0.15) is 25.1 Å². The minimum atomic E-state index is 0.685. The molecule has 0 bridgehead atoms. The zero-order valence-electron chi connectivity index (χ0n) is 10.4. The number of hydrogen-bond donors (Lipinski definition) is 0. The molecule has 0 atom stereocenters. The van der Waals surface area contributed by atoms with Gasteiger partial charge in [0.15, 0.2) is 5.75 Å². The van der Waals surface area contributed by atoms with Crippen molar-refractivity contribution in [3.05, 3.63) is 47.8 Å². The van der Waals surface area contributed by atoms with E-state index in [0.29, 0.717) is 6.61 Å². The second-order valence-corrected chi connectivity index (χ2v) is 3.91. The van der Waals surface area contributed by atoms with Gasteiger partial charge in [-0.25, -0.2) is 0 Å². The maximum atomic E-state index is 5.56. The highest BCUT2D eigenvalue weighted by molar-refractivity contribution is 5.25. The predicted molar refractivity (Wildman–Crippen MR) is 68.3 cm³/mol. The Hall–Kier alpha value is -1.77. The van der Waals surface area contributed by atoms with Crippen molar-refractivity contribution >= 4 is 0 Å². The van der Waals surface area contributed by atoms with E-state index in [1.165, 1.54) is 5.56 Å². The second-order valence-electron chi connectivity index (χ2n) is 3.91. The fourth-order valence-electron chi connectivity index (χ4n) is 1.82. The van der Waals surface area contributed by atoms with Crippen molar-refractivity contribution in [2.24, 2.45) is 0 Å². The summed E-state index contributed by atoms with van der Waals surface area (Å²) in [4.78, 5) is 0. The van der Waals surface area contributed by atoms with Gasteiger partial charge in [0.05, 0.1) is 19.3 Å². The lowest BCUT2D eigenvalue weighted by Gasteiger charge is -2.00. The zero-order valence-corrected chi connectivity index (χ0v) is 10.4. The molecule has 0 saturated heterocycles. The maximum absolute atomic E-state index is 5.56. The van der Waals surface area contributed by atoms with Gasteiger partial charge in [0.1, 0.15) is 5.69 Å². The molecule has 3 nitrogen and oxygen atoms in total. The van der Waals surface area contributed by atoms with Crippen LogP contribution in [-0.4, -0.2) is 16.4 Å². The average Bonchev–Trinajstić information content (AvgIpc) is 2.73. The molecule has 1 aromatic heterocycles. The molecule has 0 aliphatic rings. The second kappa shape index (κ2) is 5.53. The summed E-state index contributed by atoms with van der Waals surface area (Å²) in [7, 11) is 0. The molecule has 0 N–H and O–H groups in total. The Morgan fingerprint density at radius 3 is 2.59 bits per heavy atom. The van der Waals surface area contributed by atoms with Gasteiger partial charge in [0.25, 0.3) is 0 Å². The van der Waals surface area contributed by atoms with Crippen molar-refractivity contribution in [1.82, 2.24) is 9.78 Å². The summed E-state index contributed by atoms with van der Waals surface area (Å²) in [5.41, 5.74) is 2.28. The molecule has 1 aromatic carbocycles. The minimum absolute atomic E-state index is 0.685. The van der Waals surface area contributed by atoms with Crippen molar-refractivity contribution in [1.29, 1.82) is 0 Å². The van der Waals surface area contributed by atoms with E-state index in [4.69, 9.17) is 4.74 Å². The fourth-order valence-corrected chi connectivity index (χ4v) is 1.82. The third kappa shape index (κ3) is 2.87. The molecule has 0 radical (unpaired) electrons. The Bertz CT molecular complexity index is 462. The molecule has 90 valence electrons. The molecular weight excluding hydrogens is 212 g/mol. The van der Waals surface area contributed by atoms with E-state index >= 15 is 0 Å². The monoisotopic (exact) mass is 230 g/mol. The fraction of sp³-hybridized carbons (Fsp3) is 0.357. The van der Waals surface area contributed by atoms with E-state index in [-0.39, 0.29) is 0 Å². The first-order valence-electron chi connectivity index (χ1n) is 6.06. The van der Waals surface area contributed by atoms with Crippen LogP contribution in [-0.2, 0) is 13.0 Å². The van der Waals surface area contributed by atoms with Crippen LogP contribution in [0, 0.1) is 0 Å². The van der Waals surface area contributed by atoms with Crippen LogP contribution in [0.5, 0.6) is 5.75 Å². The van der Waals surface area contributed by atoms with Crippen LogP contribution >= 0.6 is 0 Å². The van der Waals surface area contributed by atoms with Gasteiger partial charge in [0, 0.05) is 0 Å². The van der Waals surface area contributed by atoms with Crippen LogP contribution in [0.3, 0.4) is 0 Å². The van der Waals surface area contributed by atoms with Crippen molar-refractivity contribution in [3.63, 3.8) is 0 Å². The summed E-state index contributed by atoms with van der Waals surface area (Å²) < 4.78 is 7.51. The minimum Gasteiger partial charge on any atom is -0.490 e. The van der Waals surface area contributed by atoms with Crippen LogP contribution in [0.2, 0.25) is 0 Å². The number of nitrogens with zero attached hydrogens (tertiary/aromatic N) is 2. The topological polar surface area (TPSA) is 27.1 Å². The van der Waals surface area contributed by atoms with Crippen LogP contribution in [0.4, 0.5) is 0 Å². The van der Waals surface area contributed by atoms with Gasteiger partial charge in [-0.3, -0.25) is 4.68 Å². The molecule has 3 heteroatoms. The zero-order chi connectivity index (χ0) is 12.1. The Kier molecular flexibility index (Phi) is 3.81. The van der Waals surface area contributed by atoms with Gasteiger partial charge in [0.2, 0.25) is 0 Å². The summed E-state index contributed by atoms with van der Waals surface area (Å²) in [5.74, 6) is 0.908. The Morgan fingerprint density at radius 2 is 1.94 bits per heavy atom. The Balaban J connectivity index is 2.16. The quantitative estimate of drug-likeness (QED) is 0.789. The van der Waals surface area contributed by atoms with Gasteiger partial charge >= 0.3 is 0 Å². The first-order chi connectivity index (χ1) is 8.33. The van der Waals surface area contributed by atoms with Gasteiger partial charge in [-0.05, 0) is 18.9 Å². The Labute approximate surface area is 102 Å². The highest BCUT2D eigenvalue weighted by Crippen LogP contribution is 2.18. The molecule has 1 heterocycles. The average molecular weight is 230 g/mol. The standard InChI is InChI=1S/C14H18N2O/c1-3-13-14(17-4-2)11-16(15-13)10-12-8-6-5-7-9-12/h5-9,11H,3-4,10H2,1-2H3. The molecule has 0 spiro atoms. The number of aryl methyl sites for hydroxylation is 1. The lowest BCUT2D eigenvalue weighted by molar-refractivity contribution is 0.336. The molecule has 0 unspecified atom stereocenters. The highest BCUT2D eigenvalue weighted by Gasteiger charge is 2.07. The van der Waals surface area contributed by atoms with Crippen LogP contribution in [0.15, 0.2) is 36.5 Å². The Morgan fingerprint density at radius 1 is 1.18 bits per heavy atom. The molecule has 2 aromatic rings. The molecule has 0 aliphatic carbocycles. The first kappa shape index (κ1) is 11.7. The van der Waals surface area contributed by atoms with Crippen molar-refractivity contribution < 1.29 is 4.74 Å². The summed E-state index contributed by atoms with van der Waals surface area (Å²) in [6.45, 7) is 5.57. The third-order valence-corrected chi connectivity index (χ3v) is 2.62. The molecule has 0 fully saturated rings. The van der Waals surface area contributed by atoms with Gasteiger partial charge in [-0.15, -0.1) is 0 Å². The number of ether oxygens (including phenoxy) is 1. The molecule has 17 heavy (non-hydrogen) atoms. The smallest absolute Gasteiger partial charge is 0.160 e. The highest BCUT2D eigenvalue weighted by atomic mass is 16.5. The maximum Gasteiger partial charge on any atom is 0.160 e. The summed E-state index contributed by atoms with van der Waals surface area (Å²) in [5, 5.41) is 4.53. The molecule has 0 aliphatic heterocycles. The van der Waals surface area contributed by atoms with Crippen molar-refractivity contribution in [2.45, 2.75) is 26.8 Å². The SMILES string of the molecule is CCOc1cn(Cc2ccccc2)nc1CC. The number of hydrogen-bond acceptors (Lipinski definition) is 2. The third-order valence-electron chi connectivity index (χ3n) is 2.62.